The van der Waals surface area contributed by atoms with Crippen LogP contribution in [0.3, 0.4) is 0 Å². The highest BCUT2D eigenvalue weighted by Crippen LogP contribution is 2.71. The van der Waals surface area contributed by atoms with E-state index in [4.69, 9.17) is 18.7 Å². The Labute approximate surface area is 261 Å². The summed E-state index contributed by atoms with van der Waals surface area (Å²) in [7, 11) is -22.6. The summed E-state index contributed by atoms with van der Waals surface area (Å²) in [4.78, 5) is 65.9. The second-order valence-electron chi connectivity index (χ2n) is 9.27. The van der Waals surface area contributed by atoms with Crippen molar-refractivity contribution in [2.24, 2.45) is 0 Å². The molecule has 0 saturated carbocycles. The maximum atomic E-state index is 12.5. The Hall–Kier alpha value is -0.890. The number of ether oxygens (including phenoxy) is 3. The Kier molecular flexibility index (Phi) is 11.5. The van der Waals surface area contributed by atoms with Gasteiger partial charge in [0.15, 0.2) is 12.5 Å². The molecule has 2 aromatic rings. The number of rotatable bonds is 14. The van der Waals surface area contributed by atoms with Crippen LogP contribution in [-0.2, 0) is 49.9 Å². The minimum atomic E-state index is -5.99. The number of aromatic amines is 1. The molecule has 4 rings (SSSR count). The Morgan fingerprint density at radius 2 is 1.55 bits per heavy atom. The minimum absolute atomic E-state index is 0.144. The van der Waals surface area contributed by atoms with Crippen LogP contribution in [0.25, 0.3) is 0 Å². The fourth-order valence-electron chi connectivity index (χ4n) is 4.24. The number of hydrogen-bond donors (Lipinski definition) is 5. The van der Waals surface area contributed by atoms with Gasteiger partial charge in [0.2, 0.25) is 0 Å². The van der Waals surface area contributed by atoms with E-state index in [1.165, 1.54) is 18.2 Å². The number of phosphoric ester groups is 1. The summed E-state index contributed by atoms with van der Waals surface area (Å²) in [6, 6.07) is 6.33. The van der Waals surface area contributed by atoms with Crippen molar-refractivity contribution in [3.05, 3.63) is 60.9 Å². The maximum Gasteiger partial charge on any atom is 0.490 e. The predicted molar refractivity (Wildman–Crippen MR) is 156 cm³/mol. The molecule has 44 heavy (non-hydrogen) atoms. The topological polar surface area (TPSA) is 269 Å². The summed E-state index contributed by atoms with van der Waals surface area (Å²) in [6.45, 7) is 1.08. The third-order valence-corrected chi connectivity index (χ3v) is 13.9. The van der Waals surface area contributed by atoms with Crippen LogP contribution in [-0.4, -0.2) is 60.3 Å². The number of nitrogens with one attached hydrogen (secondary N) is 1. The molecule has 2 fully saturated rings. The SMILES string of the molecule is CCCCC1OC2[C@@H](COP(=O)(O)OP(=O)(O)OP(=O)(O)OP(=O)(O)c3ccccc3I)O[C@@H](n3ccc(=O)[nH]c3=O)[C@H]2O1. The lowest BCUT2D eigenvalue weighted by molar-refractivity contribution is -0.153. The first-order valence-electron chi connectivity index (χ1n) is 12.5. The summed E-state index contributed by atoms with van der Waals surface area (Å²) in [5, 5.41) is -0.435. The van der Waals surface area contributed by atoms with Crippen LogP contribution in [0.1, 0.15) is 32.4 Å². The van der Waals surface area contributed by atoms with Gasteiger partial charge in [0.05, 0.1) is 11.9 Å². The summed E-state index contributed by atoms with van der Waals surface area (Å²) in [5.74, 6) is 0. The average Bonchev–Trinajstić information content (AvgIpc) is 3.43. The van der Waals surface area contributed by atoms with Crippen LogP contribution in [0.4, 0.5) is 0 Å². The average molecular weight is 818 g/mol. The zero-order valence-corrected chi connectivity index (χ0v) is 28.1. The number of H-pyrrole nitrogens is 1. The maximum absolute atomic E-state index is 12.5. The van der Waals surface area contributed by atoms with E-state index in [9.17, 15) is 47.4 Å². The van der Waals surface area contributed by atoms with E-state index < -0.39 is 85.1 Å². The standard InChI is InChI=1S/C20H27IN2O17P4/c1-2-3-8-16-36-17-13(35-19(18(17)37-16)23-10-9-15(24)22-20(23)25)11-34-42(28,29)39-44(32,33)40-43(30,31)38-41(26,27)14-7-5-4-6-12(14)21/h4-7,9-10,13,16-19H,2-3,8,11H2,1H3,(H,26,27)(H,28,29)(H,30,31)(H,32,33)(H,22,24,25)/t13-,16?,17?,18+,19-/m1/s1. The van der Waals surface area contributed by atoms with Crippen molar-refractivity contribution in [1.82, 2.24) is 9.55 Å². The van der Waals surface area contributed by atoms with Gasteiger partial charge < -0.3 is 33.8 Å². The summed E-state index contributed by atoms with van der Waals surface area (Å²) >= 11 is 1.63. The third-order valence-electron chi connectivity index (χ3n) is 6.01. The number of phosphoric acid groups is 3. The highest BCUT2D eigenvalue weighted by atomic mass is 127. The van der Waals surface area contributed by atoms with Gasteiger partial charge in [-0.3, -0.25) is 23.4 Å². The van der Waals surface area contributed by atoms with Gasteiger partial charge >= 0.3 is 36.8 Å². The molecule has 246 valence electrons. The van der Waals surface area contributed by atoms with E-state index in [1.54, 1.807) is 22.6 Å². The zero-order valence-electron chi connectivity index (χ0n) is 22.4. The zero-order chi connectivity index (χ0) is 32.5. The van der Waals surface area contributed by atoms with Gasteiger partial charge in [-0.25, -0.2) is 22.8 Å². The van der Waals surface area contributed by atoms with Crippen molar-refractivity contribution >= 4 is 59.0 Å². The summed E-state index contributed by atoms with van der Waals surface area (Å²) in [6.07, 6.45) is -1.95. The second-order valence-corrected chi connectivity index (χ2v) is 17.0. The molecule has 6 unspecified atom stereocenters. The van der Waals surface area contributed by atoms with Crippen molar-refractivity contribution in [3.8, 4) is 0 Å². The highest BCUT2D eigenvalue weighted by Gasteiger charge is 2.54. The van der Waals surface area contributed by atoms with Crippen molar-refractivity contribution in [2.75, 3.05) is 6.61 Å². The minimum Gasteiger partial charge on any atom is -0.346 e. The molecule has 2 aliphatic rings. The van der Waals surface area contributed by atoms with Gasteiger partial charge in [0.1, 0.15) is 18.3 Å². The van der Waals surface area contributed by atoms with Crippen molar-refractivity contribution in [1.29, 1.82) is 0 Å². The molecule has 1 aromatic carbocycles. The molecule has 5 N–H and O–H groups in total. The number of unbranched alkanes of at least 4 members (excludes halogenated alkanes) is 1. The lowest BCUT2D eigenvalue weighted by Crippen LogP contribution is -2.36. The van der Waals surface area contributed by atoms with E-state index in [2.05, 4.69) is 17.9 Å². The van der Waals surface area contributed by atoms with Crippen LogP contribution in [0.2, 0.25) is 0 Å². The molecule has 0 amide bonds. The molecule has 0 radical (unpaired) electrons. The second kappa shape index (κ2) is 14.1. The van der Waals surface area contributed by atoms with Gasteiger partial charge in [-0.05, 0) is 47.6 Å². The number of fused-ring (bicyclic) bond motifs is 1. The fourth-order valence-corrected chi connectivity index (χ4v) is 11.0. The molecule has 2 saturated heterocycles. The molecule has 3 heterocycles. The molecule has 9 atom stereocenters. The van der Waals surface area contributed by atoms with Crippen molar-refractivity contribution in [3.63, 3.8) is 0 Å². The van der Waals surface area contributed by atoms with Crippen LogP contribution < -0.4 is 16.6 Å². The molecule has 19 nitrogen and oxygen atoms in total. The van der Waals surface area contributed by atoms with E-state index >= 15 is 0 Å². The molecular weight excluding hydrogens is 791 g/mol. The Bertz CT molecular complexity index is 1670. The van der Waals surface area contributed by atoms with E-state index in [0.717, 1.165) is 35.7 Å². The molecule has 2 aliphatic heterocycles. The monoisotopic (exact) mass is 818 g/mol. The lowest BCUT2D eigenvalue weighted by Gasteiger charge is -2.22. The van der Waals surface area contributed by atoms with E-state index in [1.807, 2.05) is 6.92 Å². The number of benzene rings is 1. The molecule has 0 bridgehead atoms. The number of aromatic nitrogens is 2. The first-order valence-corrected chi connectivity index (χ1v) is 19.7. The number of halogens is 1. The van der Waals surface area contributed by atoms with Crippen molar-refractivity contribution in [2.45, 2.75) is 57.0 Å². The predicted octanol–water partition coefficient (Wildman–Crippen LogP) is 2.22. The van der Waals surface area contributed by atoms with Crippen LogP contribution in [0, 0.1) is 3.57 Å². The van der Waals surface area contributed by atoms with Gasteiger partial charge in [-0.1, -0.05) is 25.5 Å². The molecule has 0 spiro atoms. The van der Waals surface area contributed by atoms with Crippen LogP contribution >= 0.6 is 53.7 Å². The van der Waals surface area contributed by atoms with Crippen LogP contribution in [0.5, 0.6) is 0 Å². The normalized spacial score (nSPS) is 28.8. The first-order chi connectivity index (χ1) is 20.4. The largest absolute Gasteiger partial charge is 0.490 e. The first kappa shape index (κ1) is 36.0. The number of hydrogen-bond acceptors (Lipinski definition) is 13. The lowest BCUT2D eigenvalue weighted by atomic mass is 10.1. The molecule has 24 heteroatoms. The summed E-state index contributed by atoms with van der Waals surface area (Å²) < 4.78 is 85.2. The summed E-state index contributed by atoms with van der Waals surface area (Å²) in [5.41, 5.74) is -1.52. The smallest absolute Gasteiger partial charge is 0.346 e. The van der Waals surface area contributed by atoms with Crippen LogP contribution in [0.15, 0.2) is 46.1 Å². The van der Waals surface area contributed by atoms with Gasteiger partial charge in [0.25, 0.3) is 5.56 Å². The Morgan fingerprint density at radius 3 is 2.20 bits per heavy atom. The number of nitrogens with zero attached hydrogens (tertiary/aromatic N) is 1. The fraction of sp³-hybridized carbons (Fsp3) is 0.500. The quantitative estimate of drug-likeness (QED) is 0.135. The van der Waals surface area contributed by atoms with Gasteiger partial charge in [0, 0.05) is 15.8 Å². The van der Waals surface area contributed by atoms with Gasteiger partial charge in [-0.2, -0.15) is 8.62 Å². The molecular formula is C20H27IN2O17P4. The Morgan fingerprint density at radius 1 is 0.909 bits per heavy atom. The van der Waals surface area contributed by atoms with E-state index in [0.29, 0.717) is 6.42 Å². The highest BCUT2D eigenvalue weighted by molar-refractivity contribution is 14.1. The third kappa shape index (κ3) is 9.13. The molecule has 0 aliphatic carbocycles. The van der Waals surface area contributed by atoms with Gasteiger partial charge in [-0.15, -0.1) is 0 Å². The Balaban J connectivity index is 1.43. The molecule has 1 aromatic heterocycles. The van der Waals surface area contributed by atoms with Crippen molar-refractivity contribution < 1.29 is 69.5 Å². The van der Waals surface area contributed by atoms with E-state index in [-0.39, 0.29) is 3.57 Å².